The molecule has 1 aromatic rings. The molecule has 0 fully saturated rings. The average Bonchev–Trinajstić information content (AvgIpc) is 2.39. The predicted octanol–water partition coefficient (Wildman–Crippen LogP) is 0.557. The number of nitrogens with zero attached hydrogens (tertiary/aromatic N) is 1. The third-order valence-corrected chi connectivity index (χ3v) is 1.68. The molecule has 4 N–H and O–H groups in total. The molecule has 4 nitrogen and oxygen atoms in total. The first-order valence-corrected chi connectivity index (χ1v) is 3.71. The van der Waals surface area contributed by atoms with Gasteiger partial charge in [-0.25, -0.2) is 0 Å². The van der Waals surface area contributed by atoms with E-state index >= 15 is 0 Å². The van der Waals surface area contributed by atoms with Gasteiger partial charge in [0.15, 0.2) is 0 Å². The van der Waals surface area contributed by atoms with Crippen LogP contribution in [0, 0.1) is 0 Å². The highest BCUT2D eigenvalue weighted by Gasteiger charge is 2.06. The fourth-order valence-electron chi connectivity index (χ4n) is 0.724. The van der Waals surface area contributed by atoms with Crippen LogP contribution in [0.25, 0.3) is 0 Å². The largest absolute Gasteiger partial charge is 0.379 e. The summed E-state index contributed by atoms with van der Waals surface area (Å²) in [4.78, 5) is 0. The average molecular weight is 154 g/mol. The smallest absolute Gasteiger partial charge is 0.0726 e. The third-order valence-electron chi connectivity index (χ3n) is 1.68. The number of hydrogen-bond donors (Lipinski definition) is 3. The van der Waals surface area contributed by atoms with E-state index < -0.39 is 0 Å². The summed E-state index contributed by atoms with van der Waals surface area (Å²) >= 11 is 0. The van der Waals surface area contributed by atoms with Crippen LogP contribution in [0.15, 0.2) is 12.4 Å². The molecule has 2 atom stereocenters. The Kier molecular flexibility index (Phi) is 2.48. The van der Waals surface area contributed by atoms with E-state index in [0.717, 1.165) is 5.69 Å². The van der Waals surface area contributed by atoms with Crippen molar-refractivity contribution >= 4 is 5.69 Å². The van der Waals surface area contributed by atoms with Crippen molar-refractivity contribution in [3.8, 4) is 0 Å². The number of aromatic amines is 1. The normalized spacial score (nSPS) is 15.9. The van der Waals surface area contributed by atoms with Gasteiger partial charge in [-0.2, -0.15) is 5.10 Å². The molecule has 0 saturated heterocycles. The molecular weight excluding hydrogens is 140 g/mol. The van der Waals surface area contributed by atoms with Crippen molar-refractivity contribution < 1.29 is 0 Å². The van der Waals surface area contributed by atoms with Crippen molar-refractivity contribution in [1.82, 2.24) is 10.2 Å². The maximum absolute atomic E-state index is 5.66. The second kappa shape index (κ2) is 3.39. The molecule has 0 spiro atoms. The molecule has 0 saturated carbocycles. The zero-order valence-corrected chi connectivity index (χ0v) is 6.83. The number of H-pyrrole nitrogens is 1. The van der Waals surface area contributed by atoms with E-state index in [1.165, 1.54) is 0 Å². The lowest BCUT2D eigenvalue weighted by Gasteiger charge is -2.16. The third kappa shape index (κ3) is 2.23. The number of anilines is 1. The SMILES string of the molecule is CC(N)C(C)Nc1cn[nH]c1. The summed E-state index contributed by atoms with van der Waals surface area (Å²) < 4.78 is 0. The molecule has 1 heterocycles. The van der Waals surface area contributed by atoms with Crippen molar-refractivity contribution in [2.75, 3.05) is 5.32 Å². The molecule has 0 aliphatic rings. The maximum Gasteiger partial charge on any atom is 0.0726 e. The van der Waals surface area contributed by atoms with Gasteiger partial charge in [0.05, 0.1) is 11.9 Å². The van der Waals surface area contributed by atoms with Gasteiger partial charge in [-0.3, -0.25) is 5.10 Å². The van der Waals surface area contributed by atoms with Crippen LogP contribution in [-0.2, 0) is 0 Å². The first kappa shape index (κ1) is 8.07. The molecule has 1 aromatic heterocycles. The van der Waals surface area contributed by atoms with Crippen LogP contribution in [0.4, 0.5) is 5.69 Å². The van der Waals surface area contributed by atoms with E-state index in [-0.39, 0.29) is 12.1 Å². The van der Waals surface area contributed by atoms with Crippen LogP contribution >= 0.6 is 0 Å². The summed E-state index contributed by atoms with van der Waals surface area (Å²) in [5.41, 5.74) is 6.64. The number of rotatable bonds is 3. The summed E-state index contributed by atoms with van der Waals surface area (Å²) in [6.45, 7) is 4.01. The molecule has 2 unspecified atom stereocenters. The summed E-state index contributed by atoms with van der Waals surface area (Å²) in [6.07, 6.45) is 3.54. The van der Waals surface area contributed by atoms with Crippen LogP contribution in [0.3, 0.4) is 0 Å². The van der Waals surface area contributed by atoms with Gasteiger partial charge in [-0.15, -0.1) is 0 Å². The van der Waals surface area contributed by atoms with Gasteiger partial charge in [0.2, 0.25) is 0 Å². The number of aromatic nitrogens is 2. The monoisotopic (exact) mass is 154 g/mol. The van der Waals surface area contributed by atoms with Crippen LogP contribution in [0.5, 0.6) is 0 Å². The minimum Gasteiger partial charge on any atom is -0.379 e. The lowest BCUT2D eigenvalue weighted by molar-refractivity contribution is 0.638. The molecule has 0 aliphatic carbocycles. The molecule has 1 rings (SSSR count). The fraction of sp³-hybridized carbons (Fsp3) is 0.571. The molecule has 0 radical (unpaired) electrons. The van der Waals surface area contributed by atoms with E-state index in [1.54, 1.807) is 12.4 Å². The Morgan fingerprint density at radius 3 is 2.82 bits per heavy atom. The molecular formula is C7H14N4. The Balaban J connectivity index is 2.43. The topological polar surface area (TPSA) is 66.7 Å². The van der Waals surface area contributed by atoms with Crippen molar-refractivity contribution in [1.29, 1.82) is 0 Å². The molecule has 4 heteroatoms. The van der Waals surface area contributed by atoms with Gasteiger partial charge in [-0.05, 0) is 13.8 Å². The Bertz CT molecular complexity index is 192. The summed E-state index contributed by atoms with van der Waals surface area (Å²) in [7, 11) is 0. The highest BCUT2D eigenvalue weighted by Crippen LogP contribution is 2.04. The van der Waals surface area contributed by atoms with Gasteiger partial charge >= 0.3 is 0 Å². The van der Waals surface area contributed by atoms with Gasteiger partial charge in [-0.1, -0.05) is 0 Å². The summed E-state index contributed by atoms with van der Waals surface area (Å²) in [5.74, 6) is 0. The highest BCUT2D eigenvalue weighted by molar-refractivity contribution is 5.38. The molecule has 0 bridgehead atoms. The molecule has 11 heavy (non-hydrogen) atoms. The number of nitrogens with two attached hydrogens (primary N) is 1. The lowest BCUT2D eigenvalue weighted by atomic mass is 10.2. The van der Waals surface area contributed by atoms with Crippen LogP contribution < -0.4 is 11.1 Å². The fourth-order valence-corrected chi connectivity index (χ4v) is 0.724. The van der Waals surface area contributed by atoms with E-state index in [9.17, 15) is 0 Å². The molecule has 0 aromatic carbocycles. The molecule has 62 valence electrons. The first-order valence-electron chi connectivity index (χ1n) is 3.71. The first-order chi connectivity index (χ1) is 5.20. The van der Waals surface area contributed by atoms with Gasteiger partial charge in [0.25, 0.3) is 0 Å². The zero-order valence-electron chi connectivity index (χ0n) is 6.83. The van der Waals surface area contributed by atoms with Crippen molar-refractivity contribution in [3.63, 3.8) is 0 Å². The van der Waals surface area contributed by atoms with Crippen molar-refractivity contribution in [2.45, 2.75) is 25.9 Å². The Hall–Kier alpha value is -1.03. The Labute approximate surface area is 66.2 Å². The Morgan fingerprint density at radius 1 is 1.64 bits per heavy atom. The van der Waals surface area contributed by atoms with Gasteiger partial charge < -0.3 is 11.1 Å². The van der Waals surface area contributed by atoms with E-state index in [4.69, 9.17) is 5.73 Å². The zero-order chi connectivity index (χ0) is 8.27. The van der Waals surface area contributed by atoms with Gasteiger partial charge in [0, 0.05) is 18.3 Å². The summed E-state index contributed by atoms with van der Waals surface area (Å²) in [6, 6.07) is 0.414. The lowest BCUT2D eigenvalue weighted by Crippen LogP contribution is -2.35. The maximum atomic E-state index is 5.66. The minimum atomic E-state index is 0.143. The highest BCUT2D eigenvalue weighted by atomic mass is 15.1. The van der Waals surface area contributed by atoms with Crippen molar-refractivity contribution in [3.05, 3.63) is 12.4 Å². The van der Waals surface area contributed by atoms with E-state index in [0.29, 0.717) is 0 Å². The van der Waals surface area contributed by atoms with E-state index in [1.807, 2.05) is 13.8 Å². The van der Waals surface area contributed by atoms with Crippen molar-refractivity contribution in [2.24, 2.45) is 5.73 Å². The molecule has 0 aliphatic heterocycles. The van der Waals surface area contributed by atoms with Gasteiger partial charge in [0.1, 0.15) is 0 Å². The Morgan fingerprint density at radius 2 is 2.36 bits per heavy atom. The second-order valence-corrected chi connectivity index (χ2v) is 2.78. The summed E-state index contributed by atoms with van der Waals surface area (Å²) in [5, 5.41) is 9.73. The predicted molar refractivity (Wildman–Crippen MR) is 45.3 cm³/mol. The minimum absolute atomic E-state index is 0.143. The second-order valence-electron chi connectivity index (χ2n) is 2.78. The quantitative estimate of drug-likeness (QED) is 0.596. The molecule has 0 amide bonds. The van der Waals surface area contributed by atoms with Crippen LogP contribution in [0.1, 0.15) is 13.8 Å². The van der Waals surface area contributed by atoms with Crippen LogP contribution in [0.2, 0.25) is 0 Å². The number of hydrogen-bond acceptors (Lipinski definition) is 3. The van der Waals surface area contributed by atoms with Crippen LogP contribution in [-0.4, -0.2) is 22.3 Å². The standard InChI is InChI=1S/C7H14N4/c1-5(8)6(2)11-7-3-9-10-4-7/h3-6,11H,8H2,1-2H3,(H,9,10). The number of nitrogens with one attached hydrogen (secondary N) is 2. The van der Waals surface area contributed by atoms with E-state index in [2.05, 4.69) is 15.5 Å².